The van der Waals surface area contributed by atoms with E-state index in [-0.39, 0.29) is 18.4 Å². The molecule has 1 amide bonds. The summed E-state index contributed by atoms with van der Waals surface area (Å²) >= 11 is 0. The number of rotatable bonds is 8. The van der Waals surface area contributed by atoms with Crippen LogP contribution in [0.2, 0.25) is 0 Å². The van der Waals surface area contributed by atoms with E-state index in [0.29, 0.717) is 5.56 Å². The Kier molecular flexibility index (Phi) is 6.85. The second-order valence-electron chi connectivity index (χ2n) is 5.23. The fraction of sp³-hybridized carbons (Fsp3) is 0.500. The fourth-order valence-electron chi connectivity index (χ4n) is 2.06. The number of aliphatic carboxylic acids is 1. The van der Waals surface area contributed by atoms with Crippen LogP contribution in [0.1, 0.15) is 44.6 Å². The van der Waals surface area contributed by atoms with Crippen molar-refractivity contribution in [2.45, 2.75) is 39.0 Å². The second-order valence-corrected chi connectivity index (χ2v) is 5.23. The third-order valence-corrected chi connectivity index (χ3v) is 3.49. The predicted molar refractivity (Wildman–Crippen MR) is 78.5 cm³/mol. The van der Waals surface area contributed by atoms with E-state index < -0.39 is 17.7 Å². The smallest absolute Gasteiger partial charge is 0.312 e. The van der Waals surface area contributed by atoms with Gasteiger partial charge in [-0.1, -0.05) is 38.8 Å². The Balaban J connectivity index is 2.62. The predicted octanol–water partition coefficient (Wildman–Crippen LogP) is 2.94. The van der Waals surface area contributed by atoms with Crippen molar-refractivity contribution in [1.29, 1.82) is 0 Å². The molecule has 2 atom stereocenters. The van der Waals surface area contributed by atoms with Gasteiger partial charge in [0.15, 0.2) is 0 Å². The van der Waals surface area contributed by atoms with Crippen molar-refractivity contribution in [3.05, 3.63) is 35.6 Å². The summed E-state index contributed by atoms with van der Waals surface area (Å²) < 4.78 is 12.9. The summed E-state index contributed by atoms with van der Waals surface area (Å²) in [6.45, 7) is 3.90. The van der Waals surface area contributed by atoms with E-state index in [4.69, 9.17) is 0 Å². The van der Waals surface area contributed by atoms with Crippen LogP contribution in [0.3, 0.4) is 0 Å². The van der Waals surface area contributed by atoms with E-state index in [1.165, 1.54) is 24.3 Å². The van der Waals surface area contributed by atoms with Crippen LogP contribution in [-0.2, 0) is 9.59 Å². The minimum atomic E-state index is -1.04. The average molecular weight is 295 g/mol. The van der Waals surface area contributed by atoms with E-state index >= 15 is 0 Å². The third-order valence-electron chi connectivity index (χ3n) is 3.49. The van der Waals surface area contributed by atoms with E-state index in [9.17, 15) is 19.1 Å². The maximum atomic E-state index is 12.9. The van der Waals surface area contributed by atoms with E-state index in [1.807, 2.05) is 6.92 Å². The first kappa shape index (κ1) is 17.1. The molecular formula is C16H22FNO3. The molecule has 0 fully saturated rings. The zero-order chi connectivity index (χ0) is 15.8. The van der Waals surface area contributed by atoms with Gasteiger partial charge in [-0.25, -0.2) is 4.39 Å². The van der Waals surface area contributed by atoms with Crippen molar-refractivity contribution < 1.29 is 19.1 Å². The van der Waals surface area contributed by atoms with Crippen LogP contribution in [-0.4, -0.2) is 23.5 Å². The Morgan fingerprint density at radius 1 is 1.29 bits per heavy atom. The Morgan fingerprint density at radius 2 is 1.90 bits per heavy atom. The van der Waals surface area contributed by atoms with Gasteiger partial charge in [-0.05, 0) is 24.1 Å². The zero-order valence-corrected chi connectivity index (χ0v) is 12.4. The first-order valence-electron chi connectivity index (χ1n) is 7.21. The van der Waals surface area contributed by atoms with Crippen LogP contribution in [0.4, 0.5) is 4.39 Å². The van der Waals surface area contributed by atoms with Gasteiger partial charge in [0.05, 0.1) is 5.92 Å². The van der Waals surface area contributed by atoms with Crippen LogP contribution < -0.4 is 5.32 Å². The highest BCUT2D eigenvalue weighted by Gasteiger charge is 2.22. The molecule has 2 unspecified atom stereocenters. The minimum absolute atomic E-state index is 0.0102. The highest BCUT2D eigenvalue weighted by Crippen LogP contribution is 2.16. The summed E-state index contributed by atoms with van der Waals surface area (Å²) in [4.78, 5) is 23.2. The molecule has 0 aliphatic heterocycles. The van der Waals surface area contributed by atoms with Crippen molar-refractivity contribution in [2.24, 2.45) is 5.92 Å². The molecular weight excluding hydrogens is 273 g/mol. The molecule has 1 aromatic rings. The lowest BCUT2D eigenvalue weighted by molar-refractivity contribution is -0.138. The number of halogens is 1. The lowest BCUT2D eigenvalue weighted by atomic mass is 9.98. The summed E-state index contributed by atoms with van der Waals surface area (Å²) in [5.74, 6) is -2.60. The first-order chi connectivity index (χ1) is 9.95. The number of carbonyl (C=O) groups excluding carboxylic acids is 1. The van der Waals surface area contributed by atoms with Gasteiger partial charge in [0, 0.05) is 12.5 Å². The SMILES string of the molecule is CCCCC(C)C(=O)NCC(C(=O)O)c1ccc(F)cc1. The van der Waals surface area contributed by atoms with Gasteiger partial charge >= 0.3 is 5.97 Å². The monoisotopic (exact) mass is 295 g/mol. The van der Waals surface area contributed by atoms with Gasteiger partial charge in [0.25, 0.3) is 0 Å². The number of carbonyl (C=O) groups is 2. The molecule has 5 heteroatoms. The number of carboxylic acid groups (broad SMARTS) is 1. The van der Waals surface area contributed by atoms with Crippen LogP contribution in [0.15, 0.2) is 24.3 Å². The average Bonchev–Trinajstić information content (AvgIpc) is 2.46. The maximum absolute atomic E-state index is 12.9. The van der Waals surface area contributed by atoms with Gasteiger partial charge in [-0.15, -0.1) is 0 Å². The third kappa shape index (κ3) is 5.53. The Hall–Kier alpha value is -1.91. The van der Waals surface area contributed by atoms with Crippen LogP contribution in [0.25, 0.3) is 0 Å². The quantitative estimate of drug-likeness (QED) is 0.775. The highest BCUT2D eigenvalue weighted by atomic mass is 19.1. The number of nitrogens with one attached hydrogen (secondary N) is 1. The molecule has 0 spiro atoms. The number of benzene rings is 1. The Bertz CT molecular complexity index is 473. The van der Waals surface area contributed by atoms with Crippen molar-refractivity contribution in [2.75, 3.05) is 6.54 Å². The Labute approximate surface area is 124 Å². The number of hydrogen-bond donors (Lipinski definition) is 2. The van der Waals surface area contributed by atoms with E-state index in [2.05, 4.69) is 12.2 Å². The van der Waals surface area contributed by atoms with E-state index in [1.54, 1.807) is 0 Å². The normalized spacial score (nSPS) is 13.5. The molecule has 0 aromatic heterocycles. The molecule has 1 aromatic carbocycles. The van der Waals surface area contributed by atoms with Crippen molar-refractivity contribution >= 4 is 11.9 Å². The summed E-state index contributed by atoms with van der Waals surface area (Å²) in [5.41, 5.74) is 0.477. The maximum Gasteiger partial charge on any atom is 0.312 e. The van der Waals surface area contributed by atoms with Crippen molar-refractivity contribution in [1.82, 2.24) is 5.32 Å². The van der Waals surface area contributed by atoms with Crippen LogP contribution in [0.5, 0.6) is 0 Å². The topological polar surface area (TPSA) is 66.4 Å². The van der Waals surface area contributed by atoms with Gasteiger partial charge < -0.3 is 10.4 Å². The lowest BCUT2D eigenvalue weighted by Crippen LogP contribution is -2.35. The van der Waals surface area contributed by atoms with E-state index in [0.717, 1.165) is 19.3 Å². The first-order valence-corrected chi connectivity index (χ1v) is 7.21. The van der Waals surface area contributed by atoms with Gasteiger partial charge in [-0.2, -0.15) is 0 Å². The Morgan fingerprint density at radius 3 is 2.43 bits per heavy atom. The zero-order valence-electron chi connectivity index (χ0n) is 12.4. The molecule has 116 valence electrons. The summed E-state index contributed by atoms with van der Waals surface area (Å²) in [7, 11) is 0. The number of carboxylic acids is 1. The van der Waals surface area contributed by atoms with Crippen LogP contribution >= 0.6 is 0 Å². The van der Waals surface area contributed by atoms with Crippen molar-refractivity contribution in [3.8, 4) is 0 Å². The van der Waals surface area contributed by atoms with Crippen molar-refractivity contribution in [3.63, 3.8) is 0 Å². The number of hydrogen-bond acceptors (Lipinski definition) is 2. The summed E-state index contributed by atoms with van der Waals surface area (Å²) in [6.07, 6.45) is 2.77. The molecule has 21 heavy (non-hydrogen) atoms. The summed E-state index contributed by atoms with van der Waals surface area (Å²) in [6, 6.07) is 5.30. The number of unbranched alkanes of at least 4 members (excludes halogenated alkanes) is 1. The molecule has 4 nitrogen and oxygen atoms in total. The molecule has 0 bridgehead atoms. The molecule has 0 saturated carbocycles. The number of amides is 1. The lowest BCUT2D eigenvalue weighted by Gasteiger charge is -2.16. The van der Waals surface area contributed by atoms with Gasteiger partial charge in [0.2, 0.25) is 5.91 Å². The molecule has 0 saturated heterocycles. The molecule has 1 rings (SSSR count). The molecule has 0 radical (unpaired) electrons. The van der Waals surface area contributed by atoms with Crippen LogP contribution in [0, 0.1) is 11.7 Å². The highest BCUT2D eigenvalue weighted by molar-refractivity contribution is 5.81. The second kappa shape index (κ2) is 8.39. The summed E-state index contributed by atoms with van der Waals surface area (Å²) in [5, 5.41) is 11.9. The molecule has 2 N–H and O–H groups in total. The minimum Gasteiger partial charge on any atom is -0.481 e. The van der Waals surface area contributed by atoms with Gasteiger partial charge in [-0.3, -0.25) is 9.59 Å². The fourth-order valence-corrected chi connectivity index (χ4v) is 2.06. The largest absolute Gasteiger partial charge is 0.481 e. The van der Waals surface area contributed by atoms with Gasteiger partial charge in [0.1, 0.15) is 5.82 Å². The molecule has 0 heterocycles. The molecule has 0 aliphatic rings. The standard InChI is InChI=1S/C16H22FNO3/c1-3-4-5-11(2)15(19)18-10-14(16(20)21)12-6-8-13(17)9-7-12/h6-9,11,14H,3-5,10H2,1-2H3,(H,18,19)(H,20,21). The molecule has 0 aliphatic carbocycles.